The van der Waals surface area contributed by atoms with E-state index >= 15 is 0 Å². The quantitative estimate of drug-likeness (QED) is 0.738. The first kappa shape index (κ1) is 17.9. The number of carbonyl (C=O) groups excluding carboxylic acids is 1. The van der Waals surface area contributed by atoms with Crippen molar-refractivity contribution in [2.24, 2.45) is 0 Å². The molecule has 1 amide bonds. The lowest BCUT2D eigenvalue weighted by atomic mass is 10.1. The third kappa shape index (κ3) is 3.99. The van der Waals surface area contributed by atoms with Gasteiger partial charge in [0, 0.05) is 35.6 Å². The molecule has 26 heavy (non-hydrogen) atoms. The van der Waals surface area contributed by atoms with Crippen molar-refractivity contribution in [2.45, 2.75) is 33.2 Å². The number of nitrogens with zero attached hydrogens (tertiary/aromatic N) is 2. The Kier molecular flexibility index (Phi) is 5.46. The number of H-pyrrole nitrogens is 1. The zero-order chi connectivity index (χ0) is 18.5. The highest BCUT2D eigenvalue weighted by Gasteiger charge is 2.17. The number of carbonyl (C=O) groups is 1. The van der Waals surface area contributed by atoms with Crippen molar-refractivity contribution in [3.63, 3.8) is 0 Å². The second kappa shape index (κ2) is 7.95. The molecule has 0 aliphatic carbocycles. The van der Waals surface area contributed by atoms with Crippen LogP contribution >= 0.6 is 0 Å². The first-order valence-electron chi connectivity index (χ1n) is 8.90. The number of aromatic amines is 1. The molecule has 0 aliphatic rings. The Hall–Kier alpha value is -2.95. The second-order valence-corrected chi connectivity index (χ2v) is 6.53. The van der Waals surface area contributed by atoms with Gasteiger partial charge in [-0.3, -0.25) is 14.6 Å². The van der Waals surface area contributed by atoms with Crippen LogP contribution in [0.4, 0.5) is 0 Å². The number of aromatic nitrogens is 2. The molecule has 3 rings (SSSR count). The van der Waals surface area contributed by atoms with Gasteiger partial charge in [0.15, 0.2) is 0 Å². The van der Waals surface area contributed by atoms with Crippen LogP contribution in [0, 0.1) is 6.92 Å². The van der Waals surface area contributed by atoms with Crippen molar-refractivity contribution in [1.29, 1.82) is 0 Å². The highest BCUT2D eigenvalue weighted by Crippen LogP contribution is 2.15. The van der Waals surface area contributed by atoms with Gasteiger partial charge in [-0.05, 0) is 49.1 Å². The predicted octanol–water partition coefficient (Wildman–Crippen LogP) is 3.67. The van der Waals surface area contributed by atoms with Crippen molar-refractivity contribution in [1.82, 2.24) is 14.9 Å². The van der Waals surface area contributed by atoms with Gasteiger partial charge < -0.3 is 9.88 Å². The molecule has 0 bridgehead atoms. The number of aryl methyl sites for hydroxylation is 1. The van der Waals surface area contributed by atoms with Gasteiger partial charge in [0.25, 0.3) is 11.5 Å². The maximum atomic E-state index is 12.9. The molecular formula is C21H23N3O2. The van der Waals surface area contributed by atoms with E-state index in [1.54, 1.807) is 29.4 Å². The molecule has 0 saturated carbocycles. The summed E-state index contributed by atoms with van der Waals surface area (Å²) in [5.74, 6) is -0.0791. The maximum Gasteiger partial charge on any atom is 0.254 e. The summed E-state index contributed by atoms with van der Waals surface area (Å²) in [7, 11) is 0. The number of hydrogen-bond donors (Lipinski definition) is 1. The second-order valence-electron chi connectivity index (χ2n) is 6.53. The molecule has 0 unspecified atom stereocenters. The number of nitrogens with one attached hydrogen (secondary N) is 1. The van der Waals surface area contributed by atoms with Crippen LogP contribution in [0.25, 0.3) is 10.9 Å². The Morgan fingerprint density at radius 3 is 2.65 bits per heavy atom. The van der Waals surface area contributed by atoms with E-state index in [4.69, 9.17) is 0 Å². The summed E-state index contributed by atoms with van der Waals surface area (Å²) < 4.78 is 0. The Bertz CT molecular complexity index is 964. The number of unbranched alkanes of at least 4 members (excludes halogenated alkanes) is 1. The fourth-order valence-corrected chi connectivity index (χ4v) is 2.97. The fourth-order valence-electron chi connectivity index (χ4n) is 2.97. The number of rotatable bonds is 6. The lowest BCUT2D eigenvalue weighted by Crippen LogP contribution is -2.33. The van der Waals surface area contributed by atoms with Crippen LogP contribution in [0.3, 0.4) is 0 Å². The Morgan fingerprint density at radius 2 is 1.92 bits per heavy atom. The van der Waals surface area contributed by atoms with Gasteiger partial charge in [0.2, 0.25) is 0 Å². The average molecular weight is 349 g/mol. The van der Waals surface area contributed by atoms with E-state index in [0.717, 1.165) is 29.3 Å². The molecule has 0 fully saturated rings. The van der Waals surface area contributed by atoms with Crippen LogP contribution in [0.2, 0.25) is 0 Å². The van der Waals surface area contributed by atoms with Gasteiger partial charge >= 0.3 is 0 Å². The van der Waals surface area contributed by atoms with E-state index in [2.05, 4.69) is 16.9 Å². The number of pyridine rings is 2. The highest BCUT2D eigenvalue weighted by atomic mass is 16.2. The van der Waals surface area contributed by atoms with Gasteiger partial charge in [0.1, 0.15) is 0 Å². The van der Waals surface area contributed by atoms with Crippen LogP contribution in [0.5, 0.6) is 0 Å². The SMILES string of the molecule is CCCCN(Cc1cc2cc(C)ccc2[nH]c1=O)C(=O)c1ccncc1. The van der Waals surface area contributed by atoms with E-state index in [9.17, 15) is 9.59 Å². The Labute approximate surface area is 152 Å². The van der Waals surface area contributed by atoms with E-state index in [1.165, 1.54) is 0 Å². The van der Waals surface area contributed by atoms with Crippen LogP contribution in [0.15, 0.2) is 53.6 Å². The summed E-state index contributed by atoms with van der Waals surface area (Å²) >= 11 is 0. The molecule has 0 spiro atoms. The van der Waals surface area contributed by atoms with Crippen molar-refractivity contribution in [3.8, 4) is 0 Å². The van der Waals surface area contributed by atoms with E-state index in [1.807, 2.05) is 31.2 Å². The number of hydrogen-bond acceptors (Lipinski definition) is 3. The van der Waals surface area contributed by atoms with Crippen LogP contribution in [0.1, 0.15) is 41.3 Å². The smallest absolute Gasteiger partial charge is 0.254 e. The summed E-state index contributed by atoms with van der Waals surface area (Å²) in [4.78, 5) is 34.0. The molecule has 0 radical (unpaired) electrons. The minimum atomic E-state index is -0.148. The molecule has 2 aromatic heterocycles. The molecule has 1 N–H and O–H groups in total. The van der Waals surface area contributed by atoms with E-state index in [0.29, 0.717) is 24.2 Å². The van der Waals surface area contributed by atoms with E-state index < -0.39 is 0 Å². The summed E-state index contributed by atoms with van der Waals surface area (Å²) in [6.07, 6.45) is 5.09. The molecule has 5 heteroatoms. The number of amides is 1. The first-order chi connectivity index (χ1) is 12.6. The number of fused-ring (bicyclic) bond motifs is 1. The van der Waals surface area contributed by atoms with Crippen LogP contribution < -0.4 is 5.56 Å². The van der Waals surface area contributed by atoms with Gasteiger partial charge in [-0.25, -0.2) is 0 Å². The molecule has 2 heterocycles. The van der Waals surface area contributed by atoms with Gasteiger partial charge in [-0.2, -0.15) is 0 Å². The predicted molar refractivity (Wildman–Crippen MR) is 103 cm³/mol. The zero-order valence-corrected chi connectivity index (χ0v) is 15.2. The Balaban J connectivity index is 1.93. The molecule has 1 aromatic carbocycles. The molecule has 3 aromatic rings. The topological polar surface area (TPSA) is 66.1 Å². The molecule has 0 aliphatic heterocycles. The van der Waals surface area contributed by atoms with Crippen molar-refractivity contribution in [2.75, 3.05) is 6.54 Å². The van der Waals surface area contributed by atoms with Gasteiger partial charge in [0.05, 0.1) is 6.54 Å². The summed E-state index contributed by atoms with van der Waals surface area (Å²) in [6.45, 7) is 5.01. The van der Waals surface area contributed by atoms with Gasteiger partial charge in [-0.1, -0.05) is 25.0 Å². The summed E-state index contributed by atoms with van der Waals surface area (Å²) in [6, 6.07) is 11.2. The lowest BCUT2D eigenvalue weighted by Gasteiger charge is -2.22. The van der Waals surface area contributed by atoms with Crippen molar-refractivity contribution < 1.29 is 4.79 Å². The standard InChI is InChI=1S/C21H23N3O2/c1-3-4-11-24(21(26)16-7-9-22-10-8-16)14-18-13-17-12-15(2)5-6-19(17)23-20(18)25/h5-10,12-13H,3-4,11,14H2,1-2H3,(H,23,25). The summed E-state index contributed by atoms with van der Waals surface area (Å²) in [5, 5.41) is 0.978. The van der Waals surface area contributed by atoms with Crippen molar-refractivity contribution >= 4 is 16.8 Å². The molecule has 0 atom stereocenters. The average Bonchev–Trinajstić information content (AvgIpc) is 2.66. The minimum Gasteiger partial charge on any atom is -0.334 e. The molecule has 134 valence electrons. The maximum absolute atomic E-state index is 12.9. The lowest BCUT2D eigenvalue weighted by molar-refractivity contribution is 0.0740. The van der Waals surface area contributed by atoms with Crippen LogP contribution in [-0.4, -0.2) is 27.3 Å². The largest absolute Gasteiger partial charge is 0.334 e. The molecule has 5 nitrogen and oxygen atoms in total. The fraction of sp³-hybridized carbons (Fsp3) is 0.286. The normalized spacial score (nSPS) is 10.8. The Morgan fingerprint density at radius 1 is 1.15 bits per heavy atom. The van der Waals surface area contributed by atoms with Crippen LogP contribution in [-0.2, 0) is 6.54 Å². The molecular weight excluding hydrogens is 326 g/mol. The summed E-state index contributed by atoms with van der Waals surface area (Å²) in [5.41, 5.74) is 2.98. The molecule has 0 saturated heterocycles. The third-order valence-corrected chi connectivity index (χ3v) is 4.43. The van der Waals surface area contributed by atoms with Crippen molar-refractivity contribution in [3.05, 3.63) is 75.8 Å². The zero-order valence-electron chi connectivity index (χ0n) is 15.2. The monoisotopic (exact) mass is 349 g/mol. The van der Waals surface area contributed by atoms with Gasteiger partial charge in [-0.15, -0.1) is 0 Å². The number of benzene rings is 1. The first-order valence-corrected chi connectivity index (χ1v) is 8.90. The van der Waals surface area contributed by atoms with E-state index in [-0.39, 0.29) is 11.5 Å². The highest BCUT2D eigenvalue weighted by molar-refractivity contribution is 5.94. The third-order valence-electron chi connectivity index (χ3n) is 4.43. The minimum absolute atomic E-state index is 0.0791.